The monoisotopic (exact) mass is 604 g/mol. The van der Waals surface area contributed by atoms with Gasteiger partial charge in [-0.05, 0) is 73.0 Å². The molecule has 1 aromatic carbocycles. The number of nitrogens with one attached hydrogen (secondary N) is 4. The van der Waals surface area contributed by atoms with Crippen molar-refractivity contribution in [3.05, 3.63) is 96.8 Å². The summed E-state index contributed by atoms with van der Waals surface area (Å²) in [5, 5.41) is 15.9. The minimum absolute atomic E-state index is 0.338. The SMILES string of the molecule is c1ccc2c(-c3cc(N4CC[C@H](c5cc6c(-c7cnn8ncccc78)ccnc6[nH]5)C4)nc4[nH]c(C5CCNC5)cc34)c[nH]c2c1. The molecule has 0 spiro atoms. The van der Waals surface area contributed by atoms with Crippen molar-refractivity contribution in [2.24, 2.45) is 0 Å². The van der Waals surface area contributed by atoms with E-state index in [1.54, 1.807) is 10.8 Å². The van der Waals surface area contributed by atoms with Crippen molar-refractivity contribution in [1.82, 2.24) is 45.1 Å². The number of anilines is 1. The molecule has 0 saturated carbocycles. The molecule has 2 aliphatic heterocycles. The Kier molecular flexibility index (Phi) is 5.62. The highest BCUT2D eigenvalue weighted by atomic mass is 15.4. The predicted molar refractivity (Wildman–Crippen MR) is 181 cm³/mol. The van der Waals surface area contributed by atoms with Crippen LogP contribution in [0.4, 0.5) is 5.82 Å². The third kappa shape index (κ3) is 3.99. The third-order valence-electron chi connectivity index (χ3n) is 10.1. The van der Waals surface area contributed by atoms with Crippen molar-refractivity contribution < 1.29 is 0 Å². The maximum absolute atomic E-state index is 5.25. The maximum atomic E-state index is 5.25. The van der Waals surface area contributed by atoms with E-state index in [1.807, 2.05) is 18.5 Å². The highest BCUT2D eigenvalue weighted by molar-refractivity contribution is 6.05. The number of aromatic amines is 3. The van der Waals surface area contributed by atoms with Crippen LogP contribution in [-0.2, 0) is 0 Å². The van der Waals surface area contributed by atoms with Crippen LogP contribution in [0.2, 0.25) is 0 Å². The highest BCUT2D eigenvalue weighted by Crippen LogP contribution is 2.40. The lowest BCUT2D eigenvalue weighted by molar-refractivity contribution is 0.742. The molecule has 10 heteroatoms. The number of rotatable bonds is 5. The van der Waals surface area contributed by atoms with Crippen LogP contribution in [0.3, 0.4) is 0 Å². The number of nitrogens with zero attached hydrogens (tertiary/aromatic N) is 6. The topological polar surface area (TPSA) is 119 Å². The summed E-state index contributed by atoms with van der Waals surface area (Å²) in [5.74, 6) is 1.84. The van der Waals surface area contributed by atoms with Crippen molar-refractivity contribution in [2.75, 3.05) is 31.1 Å². The first-order valence-corrected chi connectivity index (χ1v) is 16.1. The fraction of sp³-hybridized carbons (Fsp3) is 0.222. The van der Waals surface area contributed by atoms with Crippen LogP contribution in [0.15, 0.2) is 85.5 Å². The Hall–Kier alpha value is -5.48. The second-order valence-electron chi connectivity index (χ2n) is 12.7. The zero-order valence-electron chi connectivity index (χ0n) is 25.2. The molecule has 0 bridgehead atoms. The standard InChI is InChI=1S/C36H32N10/c1-2-5-30-24(4-1)28(18-39-30)25-16-34(44-36-27(25)15-31(43-36)21-7-11-37-17-21)45-13-9-22(20-45)32-14-26-23(8-12-38-35(26)42-32)29-19-41-46-33(29)6-3-10-40-46/h1-6,8,10,12,14-16,18-19,21-22,37,39H,7,9,11,13,17,20H2,(H,38,42)(H,43,44)/t21?,22-/m0/s1. The summed E-state index contributed by atoms with van der Waals surface area (Å²) in [6.07, 6.45) is 9.85. The van der Waals surface area contributed by atoms with Crippen LogP contribution >= 0.6 is 0 Å². The molecule has 2 fully saturated rings. The number of benzene rings is 1. The molecule has 0 radical (unpaired) electrons. The van der Waals surface area contributed by atoms with Crippen molar-refractivity contribution in [1.29, 1.82) is 0 Å². The number of fused-ring (bicyclic) bond motifs is 4. The van der Waals surface area contributed by atoms with Crippen molar-refractivity contribution in [3.8, 4) is 22.3 Å². The number of pyridine rings is 2. The van der Waals surface area contributed by atoms with Gasteiger partial charge >= 0.3 is 0 Å². The van der Waals surface area contributed by atoms with E-state index >= 15 is 0 Å². The number of hydrogen-bond acceptors (Lipinski definition) is 6. The zero-order valence-corrected chi connectivity index (χ0v) is 25.2. The van der Waals surface area contributed by atoms with Gasteiger partial charge < -0.3 is 25.2 Å². The normalized spacial score (nSPS) is 18.7. The van der Waals surface area contributed by atoms with E-state index in [2.05, 4.69) is 96.2 Å². The number of H-pyrrole nitrogens is 3. The average molecular weight is 605 g/mol. The smallest absolute Gasteiger partial charge is 0.140 e. The summed E-state index contributed by atoms with van der Waals surface area (Å²) < 4.78 is 1.68. The van der Waals surface area contributed by atoms with E-state index in [9.17, 15) is 0 Å². The van der Waals surface area contributed by atoms with Crippen LogP contribution in [0, 0.1) is 0 Å². The summed E-state index contributed by atoms with van der Waals surface area (Å²) in [6, 6.07) is 21.5. The fourth-order valence-electron chi connectivity index (χ4n) is 7.69. The van der Waals surface area contributed by atoms with E-state index in [0.29, 0.717) is 11.8 Å². The molecule has 10 rings (SSSR count). The summed E-state index contributed by atoms with van der Waals surface area (Å²) in [7, 11) is 0. The Morgan fingerprint density at radius 3 is 2.57 bits per heavy atom. The molecule has 2 aliphatic rings. The van der Waals surface area contributed by atoms with Gasteiger partial charge in [0.15, 0.2) is 0 Å². The molecule has 2 atom stereocenters. The molecule has 8 aromatic rings. The van der Waals surface area contributed by atoms with Gasteiger partial charge in [-0.15, -0.1) is 0 Å². The molecule has 0 aliphatic carbocycles. The fourth-order valence-corrected chi connectivity index (χ4v) is 7.69. The van der Waals surface area contributed by atoms with E-state index in [4.69, 9.17) is 9.97 Å². The Bertz CT molecular complexity index is 2400. The minimum atomic E-state index is 0.338. The summed E-state index contributed by atoms with van der Waals surface area (Å²) in [5.41, 5.74) is 11.1. The van der Waals surface area contributed by atoms with Crippen molar-refractivity contribution in [3.63, 3.8) is 0 Å². The minimum Gasteiger partial charge on any atom is -0.361 e. The van der Waals surface area contributed by atoms with Gasteiger partial charge in [-0.2, -0.15) is 14.8 Å². The van der Waals surface area contributed by atoms with Gasteiger partial charge in [0.25, 0.3) is 0 Å². The number of para-hydroxylation sites is 1. The van der Waals surface area contributed by atoms with Crippen LogP contribution in [0.25, 0.3) is 60.7 Å². The second-order valence-corrected chi connectivity index (χ2v) is 12.7. The number of hydrogen-bond donors (Lipinski definition) is 4. The molecule has 2 saturated heterocycles. The molecular weight excluding hydrogens is 572 g/mol. The van der Waals surface area contributed by atoms with E-state index in [0.717, 1.165) is 83.7 Å². The molecule has 4 N–H and O–H groups in total. The van der Waals surface area contributed by atoms with E-state index < -0.39 is 0 Å². The Morgan fingerprint density at radius 1 is 0.739 bits per heavy atom. The first-order chi connectivity index (χ1) is 22.8. The Labute approximate surface area is 263 Å². The quantitative estimate of drug-likeness (QED) is 0.181. The largest absolute Gasteiger partial charge is 0.361 e. The first-order valence-electron chi connectivity index (χ1n) is 16.1. The molecule has 7 aromatic heterocycles. The third-order valence-corrected chi connectivity index (χ3v) is 10.1. The molecule has 46 heavy (non-hydrogen) atoms. The van der Waals surface area contributed by atoms with Crippen LogP contribution < -0.4 is 10.2 Å². The molecule has 9 heterocycles. The van der Waals surface area contributed by atoms with Crippen LogP contribution in [0.5, 0.6) is 0 Å². The maximum Gasteiger partial charge on any atom is 0.140 e. The van der Waals surface area contributed by atoms with Gasteiger partial charge in [-0.1, -0.05) is 18.2 Å². The van der Waals surface area contributed by atoms with E-state index in [1.165, 1.54) is 33.3 Å². The summed E-state index contributed by atoms with van der Waals surface area (Å²) in [6.45, 7) is 3.89. The zero-order chi connectivity index (χ0) is 30.2. The van der Waals surface area contributed by atoms with Crippen molar-refractivity contribution in [2.45, 2.75) is 24.7 Å². The molecule has 226 valence electrons. The lowest BCUT2D eigenvalue weighted by atomic mass is 10.0. The highest BCUT2D eigenvalue weighted by Gasteiger charge is 2.29. The average Bonchev–Trinajstić information content (AvgIpc) is 3.94. The molecule has 1 unspecified atom stereocenters. The first kappa shape index (κ1) is 25.8. The summed E-state index contributed by atoms with van der Waals surface area (Å²) >= 11 is 0. The lowest BCUT2D eigenvalue weighted by Gasteiger charge is -2.19. The predicted octanol–water partition coefficient (Wildman–Crippen LogP) is 6.37. The summed E-state index contributed by atoms with van der Waals surface area (Å²) in [4.78, 5) is 23.3. The second kappa shape index (κ2) is 10.0. The van der Waals surface area contributed by atoms with Gasteiger partial charge in [-0.25, -0.2) is 9.97 Å². The van der Waals surface area contributed by atoms with Gasteiger partial charge in [-0.3, -0.25) is 0 Å². The van der Waals surface area contributed by atoms with Gasteiger partial charge in [0, 0.05) is 94.3 Å². The molecule has 10 nitrogen and oxygen atoms in total. The lowest BCUT2D eigenvalue weighted by Crippen LogP contribution is -2.20. The van der Waals surface area contributed by atoms with Gasteiger partial charge in [0.2, 0.25) is 0 Å². The van der Waals surface area contributed by atoms with Crippen molar-refractivity contribution >= 4 is 44.3 Å². The number of aromatic nitrogens is 8. The Morgan fingerprint density at radius 2 is 1.63 bits per heavy atom. The van der Waals surface area contributed by atoms with Crippen LogP contribution in [0.1, 0.15) is 36.1 Å². The van der Waals surface area contributed by atoms with Gasteiger partial charge in [0.1, 0.15) is 17.1 Å². The van der Waals surface area contributed by atoms with Gasteiger partial charge in [0.05, 0.1) is 11.7 Å². The van der Waals surface area contributed by atoms with Crippen LogP contribution in [-0.4, -0.2) is 65.9 Å². The Balaban J connectivity index is 1.02. The van der Waals surface area contributed by atoms with E-state index in [-0.39, 0.29) is 0 Å². The molecular formula is C36H32N10. The molecule has 0 amide bonds.